The van der Waals surface area contributed by atoms with E-state index in [-0.39, 0.29) is 21.9 Å². The van der Waals surface area contributed by atoms with E-state index in [1.54, 1.807) is 30.3 Å². The fraction of sp³-hybridized carbons (Fsp3) is 0. The van der Waals surface area contributed by atoms with E-state index in [9.17, 15) is 28.6 Å². The number of hydrogen-bond donors (Lipinski definition) is 1. The third kappa shape index (κ3) is 6.03. The molecule has 1 N–H and O–H groups in total. The van der Waals surface area contributed by atoms with Crippen LogP contribution in [0.4, 0.5) is 11.4 Å². The standard InChI is InChI=1S/C22H14BrN3O6S/c23-20-6-1-2-7-21(20)25-22(27)16(14-24)12-15-4-3-5-18(13-15)32-33(30,31)19-10-8-17(9-11-19)26(28)29/h1-13H,(H,25,27)/b16-12+. The number of carbonyl (C=O) groups excluding carboxylic acids is 1. The number of halogens is 1. The van der Waals surface area contributed by atoms with Crippen molar-refractivity contribution in [3.05, 3.63) is 98.5 Å². The smallest absolute Gasteiger partial charge is 0.339 e. The minimum Gasteiger partial charge on any atom is -0.379 e. The zero-order valence-electron chi connectivity index (χ0n) is 16.6. The van der Waals surface area contributed by atoms with Crippen LogP contribution in [0.15, 0.2) is 87.7 Å². The number of para-hydroxylation sites is 1. The molecule has 3 rings (SSSR count). The predicted octanol–water partition coefficient (Wildman–Crippen LogP) is 4.67. The van der Waals surface area contributed by atoms with Gasteiger partial charge in [-0.25, -0.2) is 0 Å². The first-order chi connectivity index (χ1) is 15.7. The molecule has 11 heteroatoms. The molecule has 0 aromatic heterocycles. The second-order valence-corrected chi connectivity index (χ2v) is 8.87. The van der Waals surface area contributed by atoms with Gasteiger partial charge in [-0.05, 0) is 64.0 Å². The van der Waals surface area contributed by atoms with Crippen molar-refractivity contribution in [1.82, 2.24) is 0 Å². The maximum atomic E-state index is 12.5. The highest BCUT2D eigenvalue weighted by molar-refractivity contribution is 9.10. The number of hydrogen-bond acceptors (Lipinski definition) is 7. The summed E-state index contributed by atoms with van der Waals surface area (Å²) >= 11 is 3.31. The van der Waals surface area contributed by atoms with Gasteiger partial charge in [0, 0.05) is 16.6 Å². The third-order valence-corrected chi connectivity index (χ3v) is 6.15. The van der Waals surface area contributed by atoms with Gasteiger partial charge in [0.1, 0.15) is 22.3 Å². The van der Waals surface area contributed by atoms with E-state index in [0.29, 0.717) is 15.7 Å². The van der Waals surface area contributed by atoms with Gasteiger partial charge in [-0.2, -0.15) is 13.7 Å². The van der Waals surface area contributed by atoms with Gasteiger partial charge in [-0.1, -0.05) is 24.3 Å². The van der Waals surface area contributed by atoms with Crippen molar-refractivity contribution in [1.29, 1.82) is 5.26 Å². The molecule has 0 heterocycles. The molecule has 0 spiro atoms. The third-order valence-electron chi connectivity index (χ3n) is 4.20. The minimum atomic E-state index is -4.26. The molecule has 0 atom stereocenters. The number of nitro groups is 1. The Kier molecular flexibility index (Phi) is 7.22. The van der Waals surface area contributed by atoms with Crippen molar-refractivity contribution in [2.45, 2.75) is 4.90 Å². The van der Waals surface area contributed by atoms with Crippen LogP contribution in [0.25, 0.3) is 6.08 Å². The highest BCUT2D eigenvalue weighted by Crippen LogP contribution is 2.24. The summed E-state index contributed by atoms with van der Waals surface area (Å²) < 4.78 is 30.7. The van der Waals surface area contributed by atoms with E-state index in [0.717, 1.165) is 24.3 Å². The number of nitrogens with zero attached hydrogens (tertiary/aromatic N) is 2. The number of rotatable bonds is 7. The van der Waals surface area contributed by atoms with E-state index in [2.05, 4.69) is 21.2 Å². The molecule has 3 aromatic carbocycles. The van der Waals surface area contributed by atoms with E-state index in [1.165, 1.54) is 24.3 Å². The second kappa shape index (κ2) is 10.1. The number of carbonyl (C=O) groups is 1. The van der Waals surface area contributed by atoms with E-state index >= 15 is 0 Å². The number of amides is 1. The molecule has 166 valence electrons. The molecule has 3 aromatic rings. The zero-order chi connectivity index (χ0) is 24.0. The molecule has 0 saturated carbocycles. The Hall–Kier alpha value is -4.01. The summed E-state index contributed by atoms with van der Waals surface area (Å²) in [6, 6.07) is 18.7. The average molecular weight is 528 g/mol. The van der Waals surface area contributed by atoms with Gasteiger partial charge < -0.3 is 9.50 Å². The molecule has 0 aliphatic heterocycles. The van der Waals surface area contributed by atoms with Crippen LogP contribution in [0.2, 0.25) is 0 Å². The molecule has 33 heavy (non-hydrogen) atoms. The lowest BCUT2D eigenvalue weighted by Gasteiger charge is -2.08. The van der Waals surface area contributed by atoms with Crippen LogP contribution in [0.3, 0.4) is 0 Å². The van der Waals surface area contributed by atoms with Crippen molar-refractivity contribution >= 4 is 49.4 Å². The quantitative estimate of drug-likeness (QED) is 0.155. The second-order valence-electron chi connectivity index (χ2n) is 6.46. The predicted molar refractivity (Wildman–Crippen MR) is 124 cm³/mol. The lowest BCUT2D eigenvalue weighted by atomic mass is 10.1. The van der Waals surface area contributed by atoms with Crippen molar-refractivity contribution in [3.8, 4) is 11.8 Å². The molecule has 1 amide bonds. The maximum Gasteiger partial charge on any atom is 0.339 e. The van der Waals surface area contributed by atoms with Crippen molar-refractivity contribution in [2.75, 3.05) is 5.32 Å². The number of non-ortho nitro benzene ring substituents is 1. The summed E-state index contributed by atoms with van der Waals surface area (Å²) in [4.78, 5) is 22.3. The lowest BCUT2D eigenvalue weighted by Crippen LogP contribution is -2.13. The molecule has 0 saturated heterocycles. The fourth-order valence-electron chi connectivity index (χ4n) is 2.63. The number of nitriles is 1. The van der Waals surface area contributed by atoms with Crippen LogP contribution in [-0.2, 0) is 14.9 Å². The van der Waals surface area contributed by atoms with Gasteiger partial charge in [0.25, 0.3) is 11.6 Å². The summed E-state index contributed by atoms with van der Waals surface area (Å²) in [6.45, 7) is 0. The van der Waals surface area contributed by atoms with Gasteiger partial charge in [0.2, 0.25) is 0 Å². The Morgan fingerprint density at radius 1 is 1.09 bits per heavy atom. The van der Waals surface area contributed by atoms with Crippen LogP contribution < -0.4 is 9.50 Å². The van der Waals surface area contributed by atoms with E-state index < -0.39 is 20.9 Å². The van der Waals surface area contributed by atoms with Crippen LogP contribution in [0.1, 0.15) is 5.56 Å². The van der Waals surface area contributed by atoms with Gasteiger partial charge in [0.15, 0.2) is 0 Å². The highest BCUT2D eigenvalue weighted by atomic mass is 79.9. The van der Waals surface area contributed by atoms with Crippen LogP contribution in [0.5, 0.6) is 5.75 Å². The van der Waals surface area contributed by atoms with Gasteiger partial charge in [-0.15, -0.1) is 0 Å². The molecule has 0 aliphatic carbocycles. The van der Waals surface area contributed by atoms with Crippen LogP contribution in [0, 0.1) is 21.4 Å². The largest absolute Gasteiger partial charge is 0.379 e. The first kappa shape index (κ1) is 23.6. The number of benzene rings is 3. The molecule has 0 fully saturated rings. The van der Waals surface area contributed by atoms with Crippen LogP contribution >= 0.6 is 15.9 Å². The summed E-state index contributed by atoms with van der Waals surface area (Å²) in [7, 11) is -4.26. The Morgan fingerprint density at radius 3 is 2.42 bits per heavy atom. The summed E-state index contributed by atoms with van der Waals surface area (Å²) in [5, 5.41) is 22.8. The Labute approximate surface area is 197 Å². The van der Waals surface area contributed by atoms with Gasteiger partial charge in [0.05, 0.1) is 10.6 Å². The topological polar surface area (TPSA) is 139 Å². The monoisotopic (exact) mass is 527 g/mol. The highest BCUT2D eigenvalue weighted by Gasteiger charge is 2.18. The van der Waals surface area contributed by atoms with Crippen LogP contribution in [-0.4, -0.2) is 19.2 Å². The summed E-state index contributed by atoms with van der Waals surface area (Å²) in [5.41, 5.74) is 0.368. The summed E-state index contributed by atoms with van der Waals surface area (Å²) in [6.07, 6.45) is 1.29. The first-order valence-corrected chi connectivity index (χ1v) is 11.4. The van der Waals surface area contributed by atoms with E-state index in [1.807, 2.05) is 6.07 Å². The average Bonchev–Trinajstić information content (AvgIpc) is 2.79. The first-order valence-electron chi connectivity index (χ1n) is 9.16. The lowest BCUT2D eigenvalue weighted by molar-refractivity contribution is -0.384. The number of nitro benzene ring substituents is 1. The molecule has 0 radical (unpaired) electrons. The van der Waals surface area contributed by atoms with Crippen molar-refractivity contribution in [3.63, 3.8) is 0 Å². The van der Waals surface area contributed by atoms with Gasteiger partial charge >= 0.3 is 10.1 Å². The number of nitrogens with one attached hydrogen (secondary N) is 1. The fourth-order valence-corrected chi connectivity index (χ4v) is 3.94. The minimum absolute atomic E-state index is 0.0643. The maximum absolute atomic E-state index is 12.5. The molecule has 0 aliphatic rings. The van der Waals surface area contributed by atoms with E-state index in [4.69, 9.17) is 4.18 Å². The van der Waals surface area contributed by atoms with Crippen molar-refractivity contribution in [2.24, 2.45) is 0 Å². The molecule has 0 unspecified atom stereocenters. The Morgan fingerprint density at radius 2 is 1.79 bits per heavy atom. The SMILES string of the molecule is N#C/C(=C\c1cccc(OS(=O)(=O)c2ccc([N+](=O)[O-])cc2)c1)C(=O)Nc1ccccc1Br. The van der Waals surface area contributed by atoms with Crippen molar-refractivity contribution < 1.29 is 22.3 Å². The zero-order valence-corrected chi connectivity index (χ0v) is 19.0. The molecular weight excluding hydrogens is 514 g/mol. The summed E-state index contributed by atoms with van der Waals surface area (Å²) in [5.74, 6) is -0.708. The van der Waals surface area contributed by atoms with Gasteiger partial charge in [-0.3, -0.25) is 14.9 Å². The molecular formula is C22H14BrN3O6S. The number of anilines is 1. The molecule has 0 bridgehead atoms. The Bertz CT molecular complexity index is 1400. The Balaban J connectivity index is 1.81. The normalized spacial score (nSPS) is 11.3. The molecule has 9 nitrogen and oxygen atoms in total.